The van der Waals surface area contributed by atoms with E-state index >= 15 is 0 Å². The number of aromatic nitrogens is 2. The molecule has 13 heavy (non-hydrogen) atoms. The van der Waals surface area contributed by atoms with Gasteiger partial charge in [-0.15, -0.1) is 0 Å². The lowest BCUT2D eigenvalue weighted by Crippen LogP contribution is -2.11. The summed E-state index contributed by atoms with van der Waals surface area (Å²) in [5, 5.41) is 0.687. The number of hydrogen-bond acceptors (Lipinski definition) is 2. The van der Waals surface area contributed by atoms with Gasteiger partial charge in [-0.2, -0.15) is 4.98 Å². The SMILES string of the molecule is CCn1cnc(=O)c2ccccc21. The molecule has 0 radical (unpaired) electrons. The quantitative estimate of drug-likeness (QED) is 0.655. The molecule has 66 valence electrons. The molecular formula is C10H10N2O. The summed E-state index contributed by atoms with van der Waals surface area (Å²) in [7, 11) is 0. The van der Waals surface area contributed by atoms with E-state index in [4.69, 9.17) is 0 Å². The van der Waals surface area contributed by atoms with Crippen molar-refractivity contribution in [2.24, 2.45) is 0 Å². The third kappa shape index (κ3) is 1.22. The number of para-hydroxylation sites is 1. The Balaban J connectivity index is 2.93. The molecule has 2 rings (SSSR count). The van der Waals surface area contributed by atoms with Crippen molar-refractivity contribution in [1.82, 2.24) is 9.55 Å². The van der Waals surface area contributed by atoms with Crippen molar-refractivity contribution < 1.29 is 0 Å². The van der Waals surface area contributed by atoms with Crippen LogP contribution in [0.25, 0.3) is 10.9 Å². The van der Waals surface area contributed by atoms with Crippen molar-refractivity contribution in [3.63, 3.8) is 0 Å². The van der Waals surface area contributed by atoms with Crippen molar-refractivity contribution in [2.45, 2.75) is 13.5 Å². The molecule has 3 heteroatoms. The lowest BCUT2D eigenvalue weighted by Gasteiger charge is -2.05. The Morgan fingerprint density at radius 3 is 2.92 bits per heavy atom. The van der Waals surface area contributed by atoms with Crippen LogP contribution in [0.15, 0.2) is 35.4 Å². The largest absolute Gasteiger partial charge is 0.332 e. The average Bonchev–Trinajstić information content (AvgIpc) is 2.19. The Labute approximate surface area is 75.7 Å². The van der Waals surface area contributed by atoms with Crippen LogP contribution in [0.2, 0.25) is 0 Å². The Morgan fingerprint density at radius 2 is 2.15 bits per heavy atom. The van der Waals surface area contributed by atoms with Gasteiger partial charge in [0.2, 0.25) is 0 Å². The zero-order valence-electron chi connectivity index (χ0n) is 7.40. The van der Waals surface area contributed by atoms with E-state index in [-0.39, 0.29) is 5.56 Å². The summed E-state index contributed by atoms with van der Waals surface area (Å²) in [6, 6.07) is 7.51. The smallest absolute Gasteiger partial charge is 0.280 e. The molecule has 0 fully saturated rings. The number of fused-ring (bicyclic) bond motifs is 1. The molecule has 0 aliphatic carbocycles. The fourth-order valence-electron chi connectivity index (χ4n) is 1.41. The molecule has 1 heterocycles. The van der Waals surface area contributed by atoms with Crippen molar-refractivity contribution >= 4 is 10.9 Å². The van der Waals surface area contributed by atoms with E-state index in [9.17, 15) is 4.79 Å². The second-order valence-electron chi connectivity index (χ2n) is 2.85. The molecule has 0 aliphatic rings. The molecule has 0 atom stereocenters. The van der Waals surface area contributed by atoms with Gasteiger partial charge < -0.3 is 4.57 Å². The van der Waals surface area contributed by atoms with Crippen LogP contribution in [0.4, 0.5) is 0 Å². The number of aryl methyl sites for hydroxylation is 1. The third-order valence-electron chi connectivity index (χ3n) is 2.10. The van der Waals surface area contributed by atoms with Crippen molar-refractivity contribution in [3.8, 4) is 0 Å². The van der Waals surface area contributed by atoms with Crippen LogP contribution in [-0.2, 0) is 6.54 Å². The second kappa shape index (κ2) is 3.01. The molecule has 0 unspecified atom stereocenters. The van der Waals surface area contributed by atoms with Crippen LogP contribution >= 0.6 is 0 Å². The summed E-state index contributed by atoms with van der Waals surface area (Å²) < 4.78 is 1.96. The standard InChI is InChI=1S/C10H10N2O/c1-2-12-7-11-10(13)8-5-3-4-6-9(8)12/h3-7H,2H2,1H3. The highest BCUT2D eigenvalue weighted by atomic mass is 16.1. The maximum absolute atomic E-state index is 11.3. The van der Waals surface area contributed by atoms with E-state index in [1.165, 1.54) is 0 Å². The van der Waals surface area contributed by atoms with E-state index in [0.717, 1.165) is 12.1 Å². The number of hydrogen-bond donors (Lipinski definition) is 0. The Bertz CT molecular complexity index is 487. The minimum atomic E-state index is -0.152. The van der Waals surface area contributed by atoms with E-state index < -0.39 is 0 Å². The molecular weight excluding hydrogens is 164 g/mol. The summed E-state index contributed by atoms with van der Waals surface area (Å²) in [4.78, 5) is 15.1. The molecule has 0 saturated carbocycles. The first-order valence-electron chi connectivity index (χ1n) is 4.27. The molecule has 1 aromatic heterocycles. The zero-order valence-corrected chi connectivity index (χ0v) is 7.40. The van der Waals surface area contributed by atoms with E-state index in [1.54, 1.807) is 12.4 Å². The Kier molecular flexibility index (Phi) is 1.85. The number of rotatable bonds is 1. The van der Waals surface area contributed by atoms with Gasteiger partial charge in [-0.05, 0) is 19.1 Å². The van der Waals surface area contributed by atoms with Crippen molar-refractivity contribution in [3.05, 3.63) is 40.9 Å². The van der Waals surface area contributed by atoms with Gasteiger partial charge in [-0.25, -0.2) is 0 Å². The van der Waals surface area contributed by atoms with Crippen molar-refractivity contribution in [1.29, 1.82) is 0 Å². The lowest BCUT2D eigenvalue weighted by molar-refractivity contribution is 0.764. The van der Waals surface area contributed by atoms with Gasteiger partial charge in [0.05, 0.1) is 17.2 Å². The topological polar surface area (TPSA) is 34.9 Å². The van der Waals surface area contributed by atoms with E-state index in [0.29, 0.717) is 5.39 Å². The van der Waals surface area contributed by atoms with Gasteiger partial charge in [0, 0.05) is 6.54 Å². The molecule has 0 bridgehead atoms. The maximum atomic E-state index is 11.3. The van der Waals surface area contributed by atoms with E-state index in [1.807, 2.05) is 29.7 Å². The minimum Gasteiger partial charge on any atom is -0.332 e. The Morgan fingerprint density at radius 1 is 1.38 bits per heavy atom. The first-order valence-corrected chi connectivity index (χ1v) is 4.27. The van der Waals surface area contributed by atoms with Crippen LogP contribution in [0.5, 0.6) is 0 Å². The van der Waals surface area contributed by atoms with Crippen LogP contribution in [0.1, 0.15) is 6.92 Å². The summed E-state index contributed by atoms with van der Waals surface area (Å²) in [6.07, 6.45) is 1.59. The molecule has 0 saturated heterocycles. The Hall–Kier alpha value is -1.64. The first kappa shape index (κ1) is 7.98. The molecule has 1 aromatic carbocycles. The number of benzene rings is 1. The monoisotopic (exact) mass is 174 g/mol. The van der Waals surface area contributed by atoms with Gasteiger partial charge in [0.1, 0.15) is 0 Å². The van der Waals surface area contributed by atoms with Crippen LogP contribution in [0, 0.1) is 0 Å². The van der Waals surface area contributed by atoms with Gasteiger partial charge in [-0.1, -0.05) is 12.1 Å². The molecule has 0 aliphatic heterocycles. The average molecular weight is 174 g/mol. The highest BCUT2D eigenvalue weighted by Gasteiger charge is 1.99. The third-order valence-corrected chi connectivity index (χ3v) is 2.10. The van der Waals surface area contributed by atoms with Crippen molar-refractivity contribution in [2.75, 3.05) is 0 Å². The highest BCUT2D eigenvalue weighted by Crippen LogP contribution is 2.07. The highest BCUT2D eigenvalue weighted by molar-refractivity contribution is 5.77. The van der Waals surface area contributed by atoms with Gasteiger partial charge in [0.25, 0.3) is 5.56 Å². The van der Waals surface area contributed by atoms with Gasteiger partial charge >= 0.3 is 0 Å². The predicted molar refractivity (Wildman–Crippen MR) is 51.7 cm³/mol. The van der Waals surface area contributed by atoms with Crippen LogP contribution in [0.3, 0.4) is 0 Å². The first-order chi connectivity index (χ1) is 6.33. The lowest BCUT2D eigenvalue weighted by atomic mass is 10.2. The minimum absolute atomic E-state index is 0.152. The molecule has 0 amide bonds. The summed E-state index contributed by atoms with van der Waals surface area (Å²) >= 11 is 0. The maximum Gasteiger partial charge on any atom is 0.280 e. The summed E-state index contributed by atoms with van der Waals surface area (Å²) in [5.74, 6) is 0. The van der Waals surface area contributed by atoms with E-state index in [2.05, 4.69) is 4.98 Å². The second-order valence-corrected chi connectivity index (χ2v) is 2.85. The molecule has 2 aromatic rings. The van der Waals surface area contributed by atoms with Crippen LogP contribution < -0.4 is 5.56 Å². The van der Waals surface area contributed by atoms with Gasteiger partial charge in [-0.3, -0.25) is 4.79 Å². The van der Waals surface area contributed by atoms with Gasteiger partial charge in [0.15, 0.2) is 0 Å². The van der Waals surface area contributed by atoms with Crippen LogP contribution in [-0.4, -0.2) is 9.55 Å². The number of nitrogens with zero attached hydrogens (tertiary/aromatic N) is 2. The zero-order chi connectivity index (χ0) is 9.26. The normalized spacial score (nSPS) is 10.5. The summed E-state index contributed by atoms with van der Waals surface area (Å²) in [5.41, 5.74) is 0.797. The molecule has 3 nitrogen and oxygen atoms in total. The summed E-state index contributed by atoms with van der Waals surface area (Å²) in [6.45, 7) is 2.85. The molecule has 0 spiro atoms. The fourth-order valence-corrected chi connectivity index (χ4v) is 1.41. The fraction of sp³-hybridized carbons (Fsp3) is 0.200. The predicted octanol–water partition coefficient (Wildman–Crippen LogP) is 1.42. The molecule has 0 N–H and O–H groups in total.